The van der Waals surface area contributed by atoms with E-state index in [1.54, 1.807) is 12.4 Å². The molecule has 8 heteroatoms. The maximum atomic E-state index is 12.0. The van der Waals surface area contributed by atoms with Crippen LogP contribution >= 0.6 is 11.8 Å². The molecule has 134 valence electrons. The minimum absolute atomic E-state index is 0.0594. The number of thioether (sulfide) groups is 1. The van der Waals surface area contributed by atoms with Crippen LogP contribution < -0.4 is 10.1 Å². The van der Waals surface area contributed by atoms with Gasteiger partial charge in [0.05, 0.1) is 11.8 Å². The van der Waals surface area contributed by atoms with Crippen LogP contribution in [0.5, 0.6) is 5.75 Å². The Morgan fingerprint density at radius 1 is 1.31 bits per heavy atom. The molecule has 1 atom stereocenters. The highest BCUT2D eigenvalue weighted by Gasteiger charge is 2.11. The van der Waals surface area contributed by atoms with Crippen LogP contribution in [0.4, 0.5) is 0 Å². The lowest BCUT2D eigenvalue weighted by molar-refractivity contribution is -0.119. The van der Waals surface area contributed by atoms with Gasteiger partial charge in [0.1, 0.15) is 18.7 Å². The number of hydrogen-bond acceptors (Lipinski definition) is 6. The minimum atomic E-state index is -0.0924. The lowest BCUT2D eigenvalue weighted by Crippen LogP contribution is -2.28. The largest absolute Gasteiger partial charge is 0.489 e. The fourth-order valence-electron chi connectivity index (χ4n) is 2.27. The van der Waals surface area contributed by atoms with Crippen LogP contribution in [0.1, 0.15) is 24.1 Å². The number of pyridine rings is 1. The number of hydrogen-bond donors (Lipinski definition) is 2. The van der Waals surface area contributed by atoms with Crippen molar-refractivity contribution in [2.45, 2.75) is 24.7 Å². The molecule has 3 rings (SSSR count). The third kappa shape index (κ3) is 5.32. The molecule has 0 aliphatic carbocycles. The summed E-state index contributed by atoms with van der Waals surface area (Å²) in [4.78, 5) is 20.1. The van der Waals surface area contributed by atoms with E-state index < -0.39 is 0 Å². The Bertz CT molecular complexity index is 809. The van der Waals surface area contributed by atoms with Gasteiger partial charge in [0.2, 0.25) is 5.91 Å². The van der Waals surface area contributed by atoms with E-state index in [0.717, 1.165) is 16.9 Å². The van der Waals surface area contributed by atoms with Gasteiger partial charge in [0.25, 0.3) is 0 Å². The number of nitrogens with one attached hydrogen (secondary N) is 2. The summed E-state index contributed by atoms with van der Waals surface area (Å²) in [5.74, 6) is 0.999. The van der Waals surface area contributed by atoms with E-state index in [2.05, 4.69) is 25.5 Å². The van der Waals surface area contributed by atoms with Gasteiger partial charge in [-0.05, 0) is 30.7 Å². The van der Waals surface area contributed by atoms with Crippen molar-refractivity contribution in [1.82, 2.24) is 25.5 Å². The average Bonchev–Trinajstić information content (AvgIpc) is 3.19. The molecule has 0 bridgehead atoms. The summed E-state index contributed by atoms with van der Waals surface area (Å²) in [7, 11) is 0. The van der Waals surface area contributed by atoms with Crippen LogP contribution in [0.3, 0.4) is 0 Å². The molecule has 0 aliphatic rings. The topological polar surface area (TPSA) is 92.8 Å². The molecule has 0 saturated carbocycles. The Hall–Kier alpha value is -2.87. The predicted molar refractivity (Wildman–Crippen MR) is 98.7 cm³/mol. The number of aromatic amines is 1. The maximum Gasteiger partial charge on any atom is 0.230 e. The molecule has 2 N–H and O–H groups in total. The molecule has 1 amide bonds. The van der Waals surface area contributed by atoms with E-state index in [4.69, 9.17) is 4.74 Å². The molecule has 2 heterocycles. The van der Waals surface area contributed by atoms with Gasteiger partial charge in [0.15, 0.2) is 5.16 Å². The van der Waals surface area contributed by atoms with Crippen LogP contribution in [0.15, 0.2) is 60.3 Å². The first kappa shape index (κ1) is 17.9. The summed E-state index contributed by atoms with van der Waals surface area (Å²) >= 11 is 1.31. The van der Waals surface area contributed by atoms with E-state index in [0.29, 0.717) is 11.8 Å². The number of nitrogens with zero attached hydrogens (tertiary/aromatic N) is 3. The average molecular weight is 369 g/mol. The van der Waals surface area contributed by atoms with Gasteiger partial charge in [-0.25, -0.2) is 4.98 Å². The van der Waals surface area contributed by atoms with Crippen molar-refractivity contribution in [3.8, 4) is 5.75 Å². The fourth-order valence-corrected chi connectivity index (χ4v) is 2.86. The summed E-state index contributed by atoms with van der Waals surface area (Å²) in [6.45, 7) is 2.42. The van der Waals surface area contributed by atoms with E-state index >= 15 is 0 Å². The number of carbonyl (C=O) groups is 1. The number of carbonyl (C=O) groups excluding carboxylic acids is 1. The molecule has 0 aliphatic heterocycles. The van der Waals surface area contributed by atoms with Crippen molar-refractivity contribution in [3.63, 3.8) is 0 Å². The zero-order chi connectivity index (χ0) is 18.2. The lowest BCUT2D eigenvalue weighted by Gasteiger charge is -2.15. The van der Waals surface area contributed by atoms with Gasteiger partial charge in [-0.3, -0.25) is 14.9 Å². The molecule has 2 aromatic heterocycles. The Morgan fingerprint density at radius 3 is 2.85 bits per heavy atom. The quantitative estimate of drug-likeness (QED) is 0.593. The number of amides is 1. The maximum absolute atomic E-state index is 12.0. The standard InChI is InChI=1S/C18H19N5O2S/c1-13(22-17(24)11-26-18-20-12-21-23-18)15-4-6-16(7-5-15)25-10-14-3-2-8-19-9-14/h2-9,12-13H,10-11H2,1H3,(H,22,24)(H,20,21,23)/t13-/m1/s1. The predicted octanol–water partition coefficient (Wildman–Crippen LogP) is 2.75. The molecule has 0 spiro atoms. The fraction of sp³-hybridized carbons (Fsp3) is 0.222. The molecule has 3 aromatic rings. The molecule has 1 aromatic carbocycles. The Balaban J connectivity index is 1.46. The minimum Gasteiger partial charge on any atom is -0.489 e. The molecule has 7 nitrogen and oxygen atoms in total. The summed E-state index contributed by atoms with van der Waals surface area (Å²) in [5.41, 5.74) is 2.03. The third-order valence-corrected chi connectivity index (χ3v) is 4.50. The van der Waals surface area contributed by atoms with Crippen molar-refractivity contribution in [1.29, 1.82) is 0 Å². The lowest BCUT2D eigenvalue weighted by atomic mass is 10.1. The van der Waals surface area contributed by atoms with Gasteiger partial charge >= 0.3 is 0 Å². The van der Waals surface area contributed by atoms with Crippen molar-refractivity contribution in [2.75, 3.05) is 5.75 Å². The van der Waals surface area contributed by atoms with Crippen LogP contribution in [0, 0.1) is 0 Å². The Labute approximate surface area is 155 Å². The first-order valence-corrected chi connectivity index (χ1v) is 9.08. The number of aromatic nitrogens is 4. The van der Waals surface area contributed by atoms with Crippen LogP contribution in [-0.4, -0.2) is 31.8 Å². The second kappa shape index (κ2) is 9.00. The van der Waals surface area contributed by atoms with Crippen LogP contribution in [0.25, 0.3) is 0 Å². The number of ether oxygens (including phenoxy) is 1. The third-order valence-electron chi connectivity index (χ3n) is 3.62. The molecule has 0 radical (unpaired) electrons. The Morgan fingerprint density at radius 2 is 2.15 bits per heavy atom. The van der Waals surface area contributed by atoms with Gasteiger partial charge in [-0.15, -0.1) is 0 Å². The highest BCUT2D eigenvalue weighted by Crippen LogP contribution is 2.19. The first-order chi connectivity index (χ1) is 12.7. The molecule has 26 heavy (non-hydrogen) atoms. The zero-order valence-corrected chi connectivity index (χ0v) is 15.1. The van der Waals surface area contributed by atoms with Crippen LogP contribution in [0.2, 0.25) is 0 Å². The van der Waals surface area contributed by atoms with Crippen molar-refractivity contribution in [2.24, 2.45) is 0 Å². The molecule has 0 fully saturated rings. The number of H-pyrrole nitrogens is 1. The summed E-state index contributed by atoms with van der Waals surface area (Å²) in [6.07, 6.45) is 4.93. The first-order valence-electron chi connectivity index (χ1n) is 8.10. The van der Waals surface area contributed by atoms with Crippen LogP contribution in [-0.2, 0) is 11.4 Å². The van der Waals surface area contributed by atoms with Crippen molar-refractivity contribution >= 4 is 17.7 Å². The summed E-state index contributed by atoms with van der Waals surface area (Å²) in [5, 5.41) is 10.1. The molecular formula is C18H19N5O2S. The Kier molecular flexibility index (Phi) is 6.21. The normalized spacial score (nSPS) is 11.7. The molecule has 0 unspecified atom stereocenters. The smallest absolute Gasteiger partial charge is 0.230 e. The highest BCUT2D eigenvalue weighted by atomic mass is 32.2. The van der Waals surface area contributed by atoms with Gasteiger partial charge in [-0.1, -0.05) is 30.0 Å². The van der Waals surface area contributed by atoms with Gasteiger partial charge in [0, 0.05) is 18.0 Å². The van der Waals surface area contributed by atoms with E-state index in [9.17, 15) is 4.79 Å². The van der Waals surface area contributed by atoms with E-state index in [-0.39, 0.29) is 17.7 Å². The number of rotatable bonds is 8. The van der Waals surface area contributed by atoms with E-state index in [1.165, 1.54) is 18.1 Å². The SMILES string of the molecule is C[C@@H](NC(=O)CSc1ncn[nH]1)c1ccc(OCc2cccnc2)cc1. The van der Waals surface area contributed by atoms with Crippen molar-refractivity contribution < 1.29 is 9.53 Å². The van der Waals surface area contributed by atoms with Gasteiger partial charge in [-0.2, -0.15) is 5.10 Å². The number of benzene rings is 1. The highest BCUT2D eigenvalue weighted by molar-refractivity contribution is 7.99. The van der Waals surface area contributed by atoms with Crippen molar-refractivity contribution in [3.05, 3.63) is 66.2 Å². The second-order valence-corrected chi connectivity index (χ2v) is 6.55. The van der Waals surface area contributed by atoms with Gasteiger partial charge < -0.3 is 10.1 Å². The summed E-state index contributed by atoms with van der Waals surface area (Å²) in [6, 6.07) is 11.5. The van der Waals surface area contributed by atoms with E-state index in [1.807, 2.05) is 43.3 Å². The zero-order valence-electron chi connectivity index (χ0n) is 14.3. The summed E-state index contributed by atoms with van der Waals surface area (Å²) < 4.78 is 5.74. The molecule has 0 saturated heterocycles. The monoisotopic (exact) mass is 369 g/mol. The second-order valence-electron chi connectivity index (χ2n) is 5.59. The molecular weight excluding hydrogens is 350 g/mol.